The normalized spacial score (nSPS) is 11.6. The smallest absolute Gasteiger partial charge is 0.191 e. The van der Waals surface area contributed by atoms with Crippen LogP contribution in [0.15, 0.2) is 35.3 Å². The minimum atomic E-state index is 0.606. The second-order valence-corrected chi connectivity index (χ2v) is 5.91. The third-order valence-corrected chi connectivity index (χ3v) is 4.04. The summed E-state index contributed by atoms with van der Waals surface area (Å²) in [6.45, 7) is 9.80. The summed E-state index contributed by atoms with van der Waals surface area (Å²) in [6, 6.07) is 10.4. The molecule has 25 heavy (non-hydrogen) atoms. The highest BCUT2D eigenvalue weighted by atomic mass is 16.5. The second kappa shape index (κ2) is 9.84. The fourth-order valence-electron chi connectivity index (χ4n) is 2.64. The summed E-state index contributed by atoms with van der Waals surface area (Å²) in [5, 5.41) is 11.2. The van der Waals surface area contributed by atoms with Crippen LogP contribution in [-0.2, 0) is 17.8 Å². The number of hydrogen-bond acceptors (Lipinski definition) is 3. The second-order valence-electron chi connectivity index (χ2n) is 5.91. The Morgan fingerprint density at radius 2 is 1.96 bits per heavy atom. The summed E-state index contributed by atoms with van der Waals surface area (Å²) >= 11 is 0. The average molecular weight is 343 g/mol. The number of rotatable bonds is 8. The number of aliphatic imine (C=N–C) groups is 1. The summed E-state index contributed by atoms with van der Waals surface area (Å²) in [5.74, 6) is 0.800. The quantitative estimate of drug-likeness (QED) is 0.438. The van der Waals surface area contributed by atoms with Crippen LogP contribution in [-0.4, -0.2) is 42.5 Å². The predicted octanol–water partition coefficient (Wildman–Crippen LogP) is 2.25. The molecule has 1 heterocycles. The highest BCUT2D eigenvalue weighted by Crippen LogP contribution is 2.15. The van der Waals surface area contributed by atoms with Crippen LogP contribution in [0.2, 0.25) is 0 Å². The van der Waals surface area contributed by atoms with Crippen LogP contribution in [0.5, 0.6) is 0 Å². The number of ether oxygens (including phenoxy) is 1. The minimum absolute atomic E-state index is 0.606. The highest BCUT2D eigenvalue weighted by molar-refractivity contribution is 5.79. The molecule has 1 aromatic carbocycles. The Hall–Kier alpha value is -2.34. The molecule has 136 valence electrons. The van der Waals surface area contributed by atoms with E-state index in [0.717, 1.165) is 37.0 Å². The largest absolute Gasteiger partial charge is 0.383 e. The van der Waals surface area contributed by atoms with Gasteiger partial charge in [0.05, 0.1) is 25.4 Å². The van der Waals surface area contributed by atoms with Gasteiger partial charge in [0.15, 0.2) is 5.96 Å². The van der Waals surface area contributed by atoms with Crippen molar-refractivity contribution in [2.75, 3.05) is 26.8 Å². The molecule has 2 rings (SSSR count). The summed E-state index contributed by atoms with van der Waals surface area (Å²) in [7, 11) is 1.69. The van der Waals surface area contributed by atoms with Crippen molar-refractivity contribution in [1.29, 1.82) is 0 Å². The lowest BCUT2D eigenvalue weighted by molar-refractivity contribution is 0.203. The molecule has 0 aliphatic carbocycles. The van der Waals surface area contributed by atoms with E-state index in [9.17, 15) is 0 Å². The van der Waals surface area contributed by atoms with Crippen molar-refractivity contribution in [2.24, 2.45) is 4.99 Å². The molecular weight excluding hydrogens is 314 g/mol. The molecule has 0 saturated heterocycles. The lowest BCUT2D eigenvalue weighted by Gasteiger charge is -2.11. The zero-order chi connectivity index (χ0) is 18.1. The summed E-state index contributed by atoms with van der Waals surface area (Å²) in [4.78, 5) is 4.68. The third-order valence-electron chi connectivity index (χ3n) is 4.04. The van der Waals surface area contributed by atoms with Crippen LogP contribution >= 0.6 is 0 Å². The molecule has 6 nitrogen and oxygen atoms in total. The van der Waals surface area contributed by atoms with Crippen LogP contribution in [0.3, 0.4) is 0 Å². The summed E-state index contributed by atoms with van der Waals surface area (Å²) in [5.41, 5.74) is 4.63. The Morgan fingerprint density at radius 1 is 1.20 bits per heavy atom. The van der Waals surface area contributed by atoms with Crippen LogP contribution in [0.1, 0.15) is 29.4 Å². The number of aryl methyl sites for hydroxylation is 1. The molecule has 0 amide bonds. The maximum Gasteiger partial charge on any atom is 0.191 e. The van der Waals surface area contributed by atoms with E-state index < -0.39 is 0 Å². The molecule has 0 unspecified atom stereocenters. The number of benzene rings is 1. The SMILES string of the molecule is CCNC(=NCc1c(C)nn(Cc2ccccc2)c1C)NCCOC. The van der Waals surface area contributed by atoms with Crippen LogP contribution in [0, 0.1) is 13.8 Å². The van der Waals surface area contributed by atoms with E-state index in [2.05, 4.69) is 58.4 Å². The van der Waals surface area contributed by atoms with Crippen molar-refractivity contribution in [1.82, 2.24) is 20.4 Å². The van der Waals surface area contributed by atoms with Crippen molar-refractivity contribution in [3.05, 3.63) is 52.8 Å². The predicted molar refractivity (Wildman–Crippen MR) is 102 cm³/mol. The maximum absolute atomic E-state index is 5.07. The van der Waals surface area contributed by atoms with E-state index in [1.54, 1.807) is 7.11 Å². The standard InChI is InChI=1S/C19H29N5O/c1-5-20-19(21-11-12-25-4)22-13-18-15(2)23-24(16(18)3)14-17-9-7-6-8-10-17/h6-10H,5,11-14H2,1-4H3,(H2,20,21,22). The van der Waals surface area contributed by atoms with Gasteiger partial charge in [-0.1, -0.05) is 30.3 Å². The Labute approximate surface area is 150 Å². The molecule has 0 radical (unpaired) electrons. The number of nitrogens with zero attached hydrogens (tertiary/aromatic N) is 3. The van der Waals surface area contributed by atoms with E-state index in [1.807, 2.05) is 13.0 Å². The fraction of sp³-hybridized carbons (Fsp3) is 0.474. The van der Waals surface area contributed by atoms with Crippen LogP contribution in [0.4, 0.5) is 0 Å². The van der Waals surface area contributed by atoms with Gasteiger partial charge in [-0.05, 0) is 26.3 Å². The van der Waals surface area contributed by atoms with Gasteiger partial charge in [0, 0.05) is 31.5 Å². The Balaban J connectivity index is 2.09. The van der Waals surface area contributed by atoms with Crippen molar-refractivity contribution in [3.63, 3.8) is 0 Å². The number of methoxy groups -OCH3 is 1. The lowest BCUT2D eigenvalue weighted by Crippen LogP contribution is -2.38. The third kappa shape index (κ3) is 5.60. The molecular formula is C19H29N5O. The van der Waals surface area contributed by atoms with Gasteiger partial charge in [0.1, 0.15) is 0 Å². The first-order valence-corrected chi connectivity index (χ1v) is 8.73. The Kier molecular flexibility index (Phi) is 7.47. The molecule has 0 atom stereocenters. The van der Waals surface area contributed by atoms with E-state index in [-0.39, 0.29) is 0 Å². The molecule has 0 saturated carbocycles. The highest BCUT2D eigenvalue weighted by Gasteiger charge is 2.11. The average Bonchev–Trinajstić information content (AvgIpc) is 2.87. The maximum atomic E-state index is 5.07. The zero-order valence-electron chi connectivity index (χ0n) is 15.7. The Morgan fingerprint density at radius 3 is 2.64 bits per heavy atom. The first-order valence-electron chi connectivity index (χ1n) is 8.73. The molecule has 2 N–H and O–H groups in total. The molecule has 0 aliphatic rings. The van der Waals surface area contributed by atoms with E-state index in [0.29, 0.717) is 13.2 Å². The van der Waals surface area contributed by atoms with Crippen molar-refractivity contribution >= 4 is 5.96 Å². The first-order chi connectivity index (χ1) is 12.2. The molecule has 1 aromatic heterocycles. The monoisotopic (exact) mass is 343 g/mol. The van der Waals surface area contributed by atoms with E-state index in [1.165, 1.54) is 11.1 Å². The lowest BCUT2D eigenvalue weighted by atomic mass is 10.2. The van der Waals surface area contributed by atoms with Gasteiger partial charge in [0.25, 0.3) is 0 Å². The van der Waals surface area contributed by atoms with Gasteiger partial charge in [-0.3, -0.25) is 4.68 Å². The number of nitrogens with one attached hydrogen (secondary N) is 2. The van der Waals surface area contributed by atoms with Gasteiger partial charge in [-0.25, -0.2) is 4.99 Å². The van der Waals surface area contributed by atoms with Crippen LogP contribution in [0.25, 0.3) is 0 Å². The van der Waals surface area contributed by atoms with Crippen molar-refractivity contribution in [2.45, 2.75) is 33.9 Å². The van der Waals surface area contributed by atoms with Gasteiger partial charge >= 0.3 is 0 Å². The molecule has 2 aromatic rings. The number of guanidine groups is 1. The summed E-state index contributed by atoms with van der Waals surface area (Å²) in [6.07, 6.45) is 0. The molecule has 0 bridgehead atoms. The summed E-state index contributed by atoms with van der Waals surface area (Å²) < 4.78 is 7.13. The molecule has 0 aliphatic heterocycles. The topological polar surface area (TPSA) is 63.5 Å². The zero-order valence-corrected chi connectivity index (χ0v) is 15.7. The van der Waals surface area contributed by atoms with Gasteiger partial charge in [0.2, 0.25) is 0 Å². The number of aromatic nitrogens is 2. The van der Waals surface area contributed by atoms with Gasteiger partial charge in [-0.15, -0.1) is 0 Å². The number of hydrogen-bond donors (Lipinski definition) is 2. The van der Waals surface area contributed by atoms with E-state index >= 15 is 0 Å². The van der Waals surface area contributed by atoms with E-state index in [4.69, 9.17) is 9.84 Å². The Bertz CT molecular complexity index is 679. The first kappa shape index (κ1) is 19.0. The molecule has 0 spiro atoms. The minimum Gasteiger partial charge on any atom is -0.383 e. The molecule has 0 fully saturated rings. The van der Waals surface area contributed by atoms with Crippen molar-refractivity contribution < 1.29 is 4.74 Å². The fourth-order valence-corrected chi connectivity index (χ4v) is 2.64. The van der Waals surface area contributed by atoms with Gasteiger partial charge < -0.3 is 15.4 Å². The van der Waals surface area contributed by atoms with Crippen LogP contribution < -0.4 is 10.6 Å². The van der Waals surface area contributed by atoms with Crippen molar-refractivity contribution in [3.8, 4) is 0 Å². The molecule has 6 heteroatoms. The van der Waals surface area contributed by atoms with Gasteiger partial charge in [-0.2, -0.15) is 5.10 Å².